The Morgan fingerprint density at radius 2 is 1.87 bits per heavy atom. The number of ether oxygens (including phenoxy) is 4. The largest absolute Gasteiger partial charge is 0.497 e. The van der Waals surface area contributed by atoms with Gasteiger partial charge in [-0.1, -0.05) is 6.08 Å². The second-order valence-electron chi connectivity index (χ2n) is 6.50. The number of carbonyl (C=O) groups is 1. The fraction of sp³-hybridized carbons (Fsp3) is 0.381. The van der Waals surface area contributed by atoms with Crippen molar-refractivity contribution in [3.8, 4) is 11.5 Å². The summed E-state index contributed by atoms with van der Waals surface area (Å²) in [5.74, 6) is 0.757. The van der Waals surface area contributed by atoms with E-state index >= 15 is 0 Å². The van der Waals surface area contributed by atoms with Crippen LogP contribution in [0.2, 0.25) is 0 Å². The number of hydrogen-bond donors (Lipinski definition) is 2. The molecule has 2 unspecified atom stereocenters. The second kappa shape index (κ2) is 10.5. The maximum atomic E-state index is 13.7. The van der Waals surface area contributed by atoms with Gasteiger partial charge in [-0.3, -0.25) is 10.1 Å². The molecule has 170 valence electrons. The number of methoxy groups -OCH3 is 4. The normalized spacial score (nSPS) is 20.5. The number of allylic oxidation sites excluding steroid dienone is 1. The van der Waals surface area contributed by atoms with Gasteiger partial charge >= 0.3 is 0 Å². The van der Waals surface area contributed by atoms with Crippen LogP contribution >= 0.6 is 0 Å². The topological polar surface area (TPSA) is 112 Å². The Bertz CT molecular complexity index is 972. The first kappa shape index (κ1) is 24.4. The Morgan fingerprint density at radius 1 is 1.16 bits per heavy atom. The minimum absolute atomic E-state index is 0.0335. The molecule has 1 amide bonds. The van der Waals surface area contributed by atoms with Crippen LogP contribution in [0.1, 0.15) is 0 Å². The van der Waals surface area contributed by atoms with Crippen molar-refractivity contribution in [3.05, 3.63) is 54.8 Å². The molecule has 1 aromatic rings. The minimum Gasteiger partial charge on any atom is -0.497 e. The first-order valence-corrected chi connectivity index (χ1v) is 10.9. The molecule has 0 bridgehead atoms. The van der Waals surface area contributed by atoms with E-state index in [1.807, 2.05) is 0 Å². The van der Waals surface area contributed by atoms with Crippen molar-refractivity contribution in [2.24, 2.45) is 0 Å². The van der Waals surface area contributed by atoms with Gasteiger partial charge in [-0.15, -0.1) is 6.58 Å². The molecule has 2 rings (SSSR count). The molecule has 0 radical (unpaired) electrons. The smallest absolute Gasteiger partial charge is 0.234 e. The van der Waals surface area contributed by atoms with Gasteiger partial charge in [0.2, 0.25) is 20.7 Å². The molecule has 0 spiro atoms. The maximum Gasteiger partial charge on any atom is 0.234 e. The van der Waals surface area contributed by atoms with E-state index in [9.17, 15) is 13.2 Å². The summed E-state index contributed by atoms with van der Waals surface area (Å²) in [6.07, 6.45) is 6.02. The quantitative estimate of drug-likeness (QED) is 0.482. The third-order valence-electron chi connectivity index (χ3n) is 4.81. The molecule has 2 atom stereocenters. The van der Waals surface area contributed by atoms with E-state index in [0.29, 0.717) is 18.1 Å². The zero-order chi connectivity index (χ0) is 23.1. The third kappa shape index (κ3) is 4.92. The zero-order valence-electron chi connectivity index (χ0n) is 18.0. The van der Waals surface area contributed by atoms with Crippen LogP contribution in [0.25, 0.3) is 0 Å². The summed E-state index contributed by atoms with van der Waals surface area (Å²) >= 11 is 0. The van der Waals surface area contributed by atoms with Gasteiger partial charge in [-0.2, -0.15) is 0 Å². The lowest BCUT2D eigenvalue weighted by Crippen LogP contribution is -2.57. The number of sulfone groups is 1. The lowest BCUT2D eigenvalue weighted by atomic mass is 10.0. The summed E-state index contributed by atoms with van der Waals surface area (Å²) in [5.41, 5.74) is 0. The van der Waals surface area contributed by atoms with Crippen LogP contribution in [0.5, 0.6) is 11.5 Å². The lowest BCUT2D eigenvalue weighted by Gasteiger charge is -2.37. The Morgan fingerprint density at radius 3 is 2.45 bits per heavy atom. The molecule has 9 nitrogen and oxygen atoms in total. The molecule has 1 aromatic carbocycles. The molecule has 0 fully saturated rings. The number of nitrogens with one attached hydrogen (secondary N) is 2. The summed E-state index contributed by atoms with van der Waals surface area (Å²) in [7, 11) is 1.50. The van der Waals surface area contributed by atoms with E-state index in [1.54, 1.807) is 12.2 Å². The molecule has 1 aliphatic carbocycles. The second-order valence-corrected chi connectivity index (χ2v) is 8.62. The third-order valence-corrected chi connectivity index (χ3v) is 7.08. The Balaban J connectivity index is 2.48. The van der Waals surface area contributed by atoms with E-state index in [-0.39, 0.29) is 23.1 Å². The predicted molar refractivity (Wildman–Crippen MR) is 116 cm³/mol. The fourth-order valence-electron chi connectivity index (χ4n) is 3.16. The van der Waals surface area contributed by atoms with Crippen molar-refractivity contribution in [1.29, 1.82) is 0 Å². The molecule has 0 aliphatic heterocycles. The number of hydrogen-bond acceptors (Lipinski definition) is 8. The van der Waals surface area contributed by atoms with Gasteiger partial charge in [0.1, 0.15) is 5.76 Å². The summed E-state index contributed by atoms with van der Waals surface area (Å²) in [6, 6.07) is 3.36. The molecule has 10 heteroatoms. The lowest BCUT2D eigenvalue weighted by molar-refractivity contribution is -0.120. The minimum atomic E-state index is -4.13. The number of benzene rings is 1. The van der Waals surface area contributed by atoms with Crippen LogP contribution in [0.15, 0.2) is 59.7 Å². The van der Waals surface area contributed by atoms with E-state index in [2.05, 4.69) is 17.2 Å². The van der Waals surface area contributed by atoms with E-state index in [1.165, 1.54) is 58.8 Å². The predicted octanol–water partition coefficient (Wildman–Crippen LogP) is 1.18. The highest BCUT2D eigenvalue weighted by atomic mass is 32.2. The number of carbonyl (C=O) groups excluding carboxylic acids is 1. The molecule has 31 heavy (non-hydrogen) atoms. The van der Waals surface area contributed by atoms with Crippen molar-refractivity contribution >= 4 is 15.7 Å². The van der Waals surface area contributed by atoms with E-state index in [0.717, 1.165) is 0 Å². The van der Waals surface area contributed by atoms with E-state index < -0.39 is 20.8 Å². The average molecular weight is 453 g/mol. The van der Waals surface area contributed by atoms with Gasteiger partial charge in [0.15, 0.2) is 11.5 Å². The van der Waals surface area contributed by atoms with Gasteiger partial charge in [-0.05, 0) is 30.4 Å². The van der Waals surface area contributed by atoms with Crippen molar-refractivity contribution in [2.45, 2.75) is 15.9 Å². The SMILES string of the molecule is C=CCNC(=O)CNC1C=C(OC)C=CC1(OC)S(=O)(=O)c1ccc(OC)c(OC)c1. The molecule has 2 N–H and O–H groups in total. The molecular formula is C21H28N2O7S. The van der Waals surface area contributed by atoms with Crippen LogP contribution in [0.4, 0.5) is 0 Å². The molecule has 0 aromatic heterocycles. The fourth-order valence-corrected chi connectivity index (χ4v) is 4.99. The zero-order valence-corrected chi connectivity index (χ0v) is 18.8. The molecule has 1 aliphatic rings. The molecule has 0 saturated carbocycles. The van der Waals surface area contributed by atoms with Gasteiger partial charge < -0.3 is 24.3 Å². The molecule has 0 heterocycles. The van der Waals surface area contributed by atoms with Crippen LogP contribution in [-0.4, -0.2) is 66.8 Å². The van der Waals surface area contributed by atoms with Crippen molar-refractivity contribution < 1.29 is 32.2 Å². The van der Waals surface area contributed by atoms with Gasteiger partial charge in [-0.25, -0.2) is 8.42 Å². The van der Waals surface area contributed by atoms with Crippen LogP contribution in [0, 0.1) is 0 Å². The van der Waals surface area contributed by atoms with Crippen LogP contribution in [0.3, 0.4) is 0 Å². The summed E-state index contributed by atoms with van der Waals surface area (Å²) < 4.78 is 48.7. The van der Waals surface area contributed by atoms with Crippen LogP contribution < -0.4 is 20.1 Å². The standard InChI is InChI=1S/C21H28N2O7S/c1-6-11-22-20(24)14-23-19-12-15(27-2)9-10-21(19,30-5)31(25,26)16-7-8-17(28-3)18(13-16)29-4/h6-10,12-13,19,23H,1,11,14H2,2-5H3,(H,22,24). The maximum absolute atomic E-state index is 13.7. The first-order valence-electron chi connectivity index (χ1n) is 9.37. The van der Waals surface area contributed by atoms with Gasteiger partial charge in [0.05, 0.1) is 38.8 Å². The van der Waals surface area contributed by atoms with Gasteiger partial charge in [0, 0.05) is 19.7 Å². The summed E-state index contributed by atoms with van der Waals surface area (Å²) in [6.45, 7) is 3.69. The van der Waals surface area contributed by atoms with Crippen molar-refractivity contribution in [1.82, 2.24) is 10.6 Å². The van der Waals surface area contributed by atoms with E-state index in [4.69, 9.17) is 18.9 Å². The Labute approximate surface area is 182 Å². The molecular weight excluding hydrogens is 424 g/mol. The van der Waals surface area contributed by atoms with Crippen LogP contribution in [-0.2, 0) is 24.1 Å². The molecule has 0 saturated heterocycles. The summed E-state index contributed by atoms with van der Waals surface area (Å²) in [4.78, 5) is 10.2. The average Bonchev–Trinajstić information content (AvgIpc) is 2.80. The Kier molecular flexibility index (Phi) is 8.26. The van der Waals surface area contributed by atoms with Crippen molar-refractivity contribution in [3.63, 3.8) is 0 Å². The highest BCUT2D eigenvalue weighted by Crippen LogP contribution is 2.38. The number of rotatable bonds is 11. The van der Waals surface area contributed by atoms with Crippen molar-refractivity contribution in [2.75, 3.05) is 41.5 Å². The Hall–Kier alpha value is -2.82. The monoisotopic (exact) mass is 452 g/mol. The van der Waals surface area contributed by atoms with Gasteiger partial charge in [0.25, 0.3) is 0 Å². The first-order chi connectivity index (χ1) is 14.8. The number of amides is 1. The highest BCUT2D eigenvalue weighted by molar-refractivity contribution is 7.93. The highest BCUT2D eigenvalue weighted by Gasteiger charge is 2.51. The summed E-state index contributed by atoms with van der Waals surface area (Å²) in [5, 5.41) is 5.58.